The van der Waals surface area contributed by atoms with Crippen molar-refractivity contribution < 1.29 is 4.74 Å². The fourth-order valence-electron chi connectivity index (χ4n) is 3.10. The van der Waals surface area contributed by atoms with E-state index in [1.54, 1.807) is 0 Å². The quantitative estimate of drug-likeness (QED) is 0.745. The van der Waals surface area contributed by atoms with Gasteiger partial charge in [0.15, 0.2) is 0 Å². The fraction of sp³-hybridized carbons (Fsp3) is 0.389. The first-order valence-corrected chi connectivity index (χ1v) is 8.82. The van der Waals surface area contributed by atoms with E-state index in [1.165, 1.54) is 5.69 Å². The molecule has 1 aromatic carbocycles. The van der Waals surface area contributed by atoms with Crippen LogP contribution in [0.1, 0.15) is 12.5 Å². The second kappa shape index (κ2) is 7.60. The van der Waals surface area contributed by atoms with Gasteiger partial charge in [0.05, 0.1) is 12.2 Å². The largest absolute Gasteiger partial charge is 0.485 e. The lowest BCUT2D eigenvalue weighted by molar-refractivity contribution is 0.140. The number of rotatable bonds is 5. The minimum Gasteiger partial charge on any atom is -0.485 e. The van der Waals surface area contributed by atoms with Crippen LogP contribution in [0.5, 0.6) is 5.75 Å². The van der Waals surface area contributed by atoms with Crippen molar-refractivity contribution in [2.24, 2.45) is 0 Å². The first-order chi connectivity index (χ1) is 11.5. The first kappa shape index (κ1) is 17.3. The average Bonchev–Trinajstić information content (AvgIpc) is 2.52. The van der Waals surface area contributed by atoms with Crippen molar-refractivity contribution in [3.63, 3.8) is 0 Å². The smallest absolute Gasteiger partial charge is 0.143 e. The molecule has 0 fully saturated rings. The number of halogens is 2. The van der Waals surface area contributed by atoms with E-state index in [1.807, 2.05) is 30.3 Å². The summed E-state index contributed by atoms with van der Waals surface area (Å²) in [5.74, 6) is 0.957. The second-order valence-corrected chi connectivity index (χ2v) is 6.84. The molecule has 24 heavy (non-hydrogen) atoms. The van der Waals surface area contributed by atoms with Crippen LogP contribution in [0.25, 0.3) is 0 Å². The van der Waals surface area contributed by atoms with Crippen LogP contribution in [0.15, 0.2) is 36.4 Å². The summed E-state index contributed by atoms with van der Waals surface area (Å²) < 4.78 is 6.17. The number of benzene rings is 1. The summed E-state index contributed by atoms with van der Waals surface area (Å²) in [6.07, 6.45) is 0.123. The van der Waals surface area contributed by atoms with E-state index in [0.717, 1.165) is 37.5 Å². The Bertz CT molecular complexity index is 690. The standard InChI is InChI=1S/C18H21Cl2N3O/c1-3-23-12-14(24-16-7-5-4-6-15(16)23)11-22(2)10-13-8-17(19)21-18(20)9-13/h4-9,14H,3,10-12H2,1-2H3/t14-/m0/s1. The van der Waals surface area contributed by atoms with Crippen LogP contribution in [0.4, 0.5) is 5.69 Å². The summed E-state index contributed by atoms with van der Waals surface area (Å²) in [4.78, 5) is 8.56. The van der Waals surface area contributed by atoms with Gasteiger partial charge in [-0.25, -0.2) is 4.98 Å². The molecular weight excluding hydrogens is 345 g/mol. The summed E-state index contributed by atoms with van der Waals surface area (Å²) in [6, 6.07) is 11.9. The zero-order valence-electron chi connectivity index (χ0n) is 13.9. The zero-order valence-corrected chi connectivity index (χ0v) is 15.4. The molecule has 0 saturated carbocycles. The number of fused-ring (bicyclic) bond motifs is 1. The van der Waals surface area contributed by atoms with E-state index in [2.05, 4.69) is 34.8 Å². The number of pyridine rings is 1. The molecule has 0 aliphatic carbocycles. The van der Waals surface area contributed by atoms with E-state index in [9.17, 15) is 0 Å². The highest BCUT2D eigenvalue weighted by Crippen LogP contribution is 2.32. The van der Waals surface area contributed by atoms with Gasteiger partial charge in [0.2, 0.25) is 0 Å². The van der Waals surface area contributed by atoms with E-state index >= 15 is 0 Å². The summed E-state index contributed by atoms with van der Waals surface area (Å²) in [5, 5.41) is 0.844. The van der Waals surface area contributed by atoms with Gasteiger partial charge in [0.25, 0.3) is 0 Å². The number of ether oxygens (including phenoxy) is 1. The molecule has 1 aliphatic heterocycles. The van der Waals surface area contributed by atoms with Crippen molar-refractivity contribution >= 4 is 28.9 Å². The van der Waals surface area contributed by atoms with E-state index in [-0.39, 0.29) is 6.10 Å². The van der Waals surface area contributed by atoms with Crippen LogP contribution in [0.2, 0.25) is 10.3 Å². The molecule has 2 heterocycles. The molecule has 128 valence electrons. The van der Waals surface area contributed by atoms with Crippen LogP contribution in [-0.4, -0.2) is 42.7 Å². The molecule has 3 rings (SSSR count). The van der Waals surface area contributed by atoms with Crippen molar-refractivity contribution in [1.82, 2.24) is 9.88 Å². The van der Waals surface area contributed by atoms with Gasteiger partial charge in [0.1, 0.15) is 22.2 Å². The summed E-state index contributed by atoms with van der Waals surface area (Å²) >= 11 is 11.9. The molecule has 1 aromatic heterocycles. The molecule has 6 heteroatoms. The van der Waals surface area contributed by atoms with Gasteiger partial charge in [0, 0.05) is 19.6 Å². The molecule has 1 aliphatic rings. The Morgan fingerprint density at radius 1 is 1.25 bits per heavy atom. The monoisotopic (exact) mass is 365 g/mol. The number of likely N-dealkylation sites (N-methyl/N-ethyl adjacent to an activating group) is 2. The van der Waals surface area contributed by atoms with E-state index in [0.29, 0.717) is 10.3 Å². The Kier molecular flexibility index (Phi) is 5.49. The number of hydrogen-bond acceptors (Lipinski definition) is 4. The van der Waals surface area contributed by atoms with Crippen LogP contribution in [0.3, 0.4) is 0 Å². The molecule has 0 amide bonds. The topological polar surface area (TPSA) is 28.6 Å². The SMILES string of the molecule is CCN1C[C@H](CN(C)Cc2cc(Cl)nc(Cl)c2)Oc2ccccc21. The van der Waals surface area contributed by atoms with Gasteiger partial charge >= 0.3 is 0 Å². The van der Waals surface area contributed by atoms with Gasteiger partial charge in [-0.3, -0.25) is 4.90 Å². The van der Waals surface area contributed by atoms with Gasteiger partial charge in [-0.2, -0.15) is 0 Å². The predicted molar refractivity (Wildman–Crippen MR) is 99.3 cm³/mol. The Morgan fingerprint density at radius 3 is 2.67 bits per heavy atom. The molecule has 0 spiro atoms. The zero-order chi connectivity index (χ0) is 17.1. The lowest BCUT2D eigenvalue weighted by Gasteiger charge is -2.37. The van der Waals surface area contributed by atoms with Gasteiger partial charge in [-0.15, -0.1) is 0 Å². The van der Waals surface area contributed by atoms with Gasteiger partial charge in [-0.05, 0) is 43.8 Å². The fourth-order valence-corrected chi connectivity index (χ4v) is 3.61. The highest BCUT2D eigenvalue weighted by atomic mass is 35.5. The van der Waals surface area contributed by atoms with Crippen LogP contribution >= 0.6 is 23.2 Å². The number of aromatic nitrogens is 1. The number of para-hydroxylation sites is 2. The van der Waals surface area contributed by atoms with Crippen molar-refractivity contribution in [3.05, 3.63) is 52.3 Å². The minimum atomic E-state index is 0.123. The molecule has 2 aromatic rings. The number of anilines is 1. The normalized spacial score (nSPS) is 16.9. The number of hydrogen-bond donors (Lipinski definition) is 0. The highest BCUT2D eigenvalue weighted by molar-refractivity contribution is 6.32. The molecule has 0 saturated heterocycles. The van der Waals surface area contributed by atoms with Crippen LogP contribution < -0.4 is 9.64 Å². The molecule has 4 nitrogen and oxygen atoms in total. The lowest BCUT2D eigenvalue weighted by atomic mass is 10.1. The van der Waals surface area contributed by atoms with Crippen LogP contribution in [-0.2, 0) is 6.54 Å². The first-order valence-electron chi connectivity index (χ1n) is 8.06. The Hall–Kier alpha value is -1.49. The third kappa shape index (κ3) is 4.12. The average molecular weight is 366 g/mol. The minimum absolute atomic E-state index is 0.123. The van der Waals surface area contributed by atoms with Gasteiger partial charge in [-0.1, -0.05) is 35.3 Å². The Morgan fingerprint density at radius 2 is 1.96 bits per heavy atom. The maximum Gasteiger partial charge on any atom is 0.143 e. The van der Waals surface area contributed by atoms with E-state index < -0.39 is 0 Å². The molecule has 0 N–H and O–H groups in total. The van der Waals surface area contributed by atoms with Crippen LogP contribution in [0, 0.1) is 0 Å². The molecule has 0 radical (unpaired) electrons. The molecule has 0 bridgehead atoms. The summed E-state index contributed by atoms with van der Waals surface area (Å²) in [5.41, 5.74) is 2.22. The molecule has 1 atom stereocenters. The van der Waals surface area contributed by atoms with E-state index in [4.69, 9.17) is 27.9 Å². The summed E-state index contributed by atoms with van der Waals surface area (Å²) in [7, 11) is 2.07. The Labute approximate surface area is 152 Å². The third-order valence-corrected chi connectivity index (χ3v) is 4.48. The predicted octanol–water partition coefficient (Wildman–Crippen LogP) is 4.11. The summed E-state index contributed by atoms with van der Waals surface area (Å²) in [6.45, 7) is 5.59. The van der Waals surface area contributed by atoms with Crippen molar-refractivity contribution in [2.45, 2.75) is 19.6 Å². The van der Waals surface area contributed by atoms with Crippen molar-refractivity contribution in [1.29, 1.82) is 0 Å². The molecule has 0 unspecified atom stereocenters. The number of nitrogens with zero attached hydrogens (tertiary/aromatic N) is 3. The maximum absolute atomic E-state index is 6.17. The lowest BCUT2D eigenvalue weighted by Crippen LogP contribution is -2.45. The second-order valence-electron chi connectivity index (χ2n) is 6.06. The van der Waals surface area contributed by atoms with Crippen molar-refractivity contribution in [3.8, 4) is 5.75 Å². The third-order valence-electron chi connectivity index (χ3n) is 4.10. The van der Waals surface area contributed by atoms with Crippen molar-refractivity contribution in [2.75, 3.05) is 31.6 Å². The Balaban J connectivity index is 1.65. The van der Waals surface area contributed by atoms with Gasteiger partial charge < -0.3 is 9.64 Å². The molecular formula is C18H21Cl2N3O. The highest BCUT2D eigenvalue weighted by Gasteiger charge is 2.25. The maximum atomic E-state index is 6.17.